The molecular formula is C16H17FN2S. The molecular weight excluding hydrogens is 271 g/mol. The summed E-state index contributed by atoms with van der Waals surface area (Å²) in [5, 5.41) is 2.96. The molecule has 3 aromatic rings. The zero-order valence-corrected chi connectivity index (χ0v) is 12.4. The van der Waals surface area contributed by atoms with Crippen LogP contribution in [0.25, 0.3) is 10.9 Å². The Kier molecular flexibility index (Phi) is 3.57. The molecule has 20 heavy (non-hydrogen) atoms. The van der Waals surface area contributed by atoms with Gasteiger partial charge >= 0.3 is 0 Å². The van der Waals surface area contributed by atoms with Crippen LogP contribution in [0.15, 0.2) is 29.1 Å². The molecule has 0 aliphatic carbocycles. The van der Waals surface area contributed by atoms with Crippen molar-refractivity contribution in [3.05, 3.63) is 51.9 Å². The third kappa shape index (κ3) is 2.61. The van der Waals surface area contributed by atoms with E-state index in [0.717, 1.165) is 34.3 Å². The van der Waals surface area contributed by atoms with Gasteiger partial charge in [0.05, 0.1) is 11.2 Å². The first-order chi connectivity index (χ1) is 9.63. The van der Waals surface area contributed by atoms with Gasteiger partial charge in [-0.1, -0.05) is 13.8 Å². The molecule has 2 aromatic heterocycles. The molecule has 0 aliphatic heterocycles. The van der Waals surface area contributed by atoms with Crippen LogP contribution in [0.2, 0.25) is 0 Å². The summed E-state index contributed by atoms with van der Waals surface area (Å²) in [6.07, 6.45) is 1.46. The van der Waals surface area contributed by atoms with Gasteiger partial charge in [-0.15, -0.1) is 11.3 Å². The fourth-order valence-corrected chi connectivity index (χ4v) is 2.94. The van der Waals surface area contributed by atoms with Crippen molar-refractivity contribution in [1.29, 1.82) is 0 Å². The number of rotatable bonds is 4. The maximum atomic E-state index is 14.1. The van der Waals surface area contributed by atoms with E-state index in [1.165, 1.54) is 0 Å². The van der Waals surface area contributed by atoms with E-state index in [2.05, 4.69) is 23.8 Å². The topological polar surface area (TPSA) is 28.7 Å². The van der Waals surface area contributed by atoms with E-state index in [4.69, 9.17) is 0 Å². The molecule has 1 aromatic carbocycles. The Morgan fingerprint density at radius 3 is 2.80 bits per heavy atom. The van der Waals surface area contributed by atoms with Crippen LogP contribution >= 0.6 is 11.3 Å². The van der Waals surface area contributed by atoms with E-state index in [1.807, 2.05) is 23.0 Å². The summed E-state index contributed by atoms with van der Waals surface area (Å²) >= 11 is 1.58. The number of nitrogens with one attached hydrogen (secondary N) is 1. The van der Waals surface area contributed by atoms with Crippen molar-refractivity contribution < 1.29 is 4.39 Å². The molecule has 2 heterocycles. The predicted molar refractivity (Wildman–Crippen MR) is 81.9 cm³/mol. The van der Waals surface area contributed by atoms with Gasteiger partial charge in [0.2, 0.25) is 0 Å². The summed E-state index contributed by atoms with van der Waals surface area (Å²) in [5.41, 5.74) is 5.76. The minimum atomic E-state index is -0.123. The lowest BCUT2D eigenvalue weighted by Crippen LogP contribution is -1.95. The highest BCUT2D eigenvalue weighted by molar-refractivity contribution is 7.07. The summed E-state index contributed by atoms with van der Waals surface area (Å²) < 4.78 is 14.1. The summed E-state index contributed by atoms with van der Waals surface area (Å²) in [5.74, 6) is 0.297. The van der Waals surface area contributed by atoms with Crippen LogP contribution in [0.4, 0.5) is 4.39 Å². The standard InChI is InChI=1S/C16H17FN2S/c1-10(2)15-7-12-5-14(17)11(6-16(12)19-15)3-4-13-8-20-9-18-13/h5-10,19H,3-4H2,1-2H3. The Hall–Kier alpha value is -1.68. The third-order valence-electron chi connectivity index (χ3n) is 3.56. The summed E-state index contributed by atoms with van der Waals surface area (Å²) in [4.78, 5) is 7.61. The predicted octanol–water partition coefficient (Wildman–Crippen LogP) is 4.67. The second-order valence-electron chi connectivity index (χ2n) is 5.39. The number of H-pyrrole nitrogens is 1. The van der Waals surface area contributed by atoms with E-state index < -0.39 is 0 Å². The van der Waals surface area contributed by atoms with Crippen LogP contribution in [0.5, 0.6) is 0 Å². The maximum absolute atomic E-state index is 14.1. The Bertz CT molecular complexity index is 713. The van der Waals surface area contributed by atoms with Crippen molar-refractivity contribution in [2.45, 2.75) is 32.6 Å². The summed E-state index contributed by atoms with van der Waals surface area (Å²) in [7, 11) is 0. The molecule has 0 amide bonds. The number of aromatic nitrogens is 2. The number of halogens is 1. The van der Waals surface area contributed by atoms with Crippen molar-refractivity contribution in [3.8, 4) is 0 Å². The van der Waals surface area contributed by atoms with Gasteiger partial charge in [0.25, 0.3) is 0 Å². The van der Waals surface area contributed by atoms with Crippen LogP contribution in [-0.4, -0.2) is 9.97 Å². The average Bonchev–Trinajstić information content (AvgIpc) is 3.04. The first-order valence-corrected chi connectivity index (χ1v) is 7.76. The molecule has 4 heteroatoms. The molecule has 0 saturated heterocycles. The zero-order valence-electron chi connectivity index (χ0n) is 11.6. The quantitative estimate of drug-likeness (QED) is 0.742. The lowest BCUT2D eigenvalue weighted by molar-refractivity contribution is 0.610. The second kappa shape index (κ2) is 5.37. The van der Waals surface area contributed by atoms with Crippen molar-refractivity contribution in [1.82, 2.24) is 9.97 Å². The van der Waals surface area contributed by atoms with Gasteiger partial charge in [-0.2, -0.15) is 0 Å². The van der Waals surface area contributed by atoms with Gasteiger partial charge in [-0.3, -0.25) is 0 Å². The highest BCUT2D eigenvalue weighted by Crippen LogP contribution is 2.24. The molecule has 0 radical (unpaired) electrons. The molecule has 0 aliphatic rings. The van der Waals surface area contributed by atoms with Gasteiger partial charge in [-0.05, 0) is 42.5 Å². The Morgan fingerprint density at radius 1 is 1.25 bits per heavy atom. The van der Waals surface area contributed by atoms with Gasteiger partial charge in [0.15, 0.2) is 0 Å². The number of fused-ring (bicyclic) bond motifs is 1. The minimum Gasteiger partial charge on any atom is -0.358 e. The number of aromatic amines is 1. The van der Waals surface area contributed by atoms with Crippen molar-refractivity contribution >= 4 is 22.2 Å². The minimum absolute atomic E-state index is 0.123. The van der Waals surface area contributed by atoms with Crippen molar-refractivity contribution in [3.63, 3.8) is 0 Å². The molecule has 104 valence electrons. The van der Waals surface area contributed by atoms with Crippen LogP contribution in [0.1, 0.15) is 36.7 Å². The first kappa shape index (κ1) is 13.3. The van der Waals surface area contributed by atoms with Gasteiger partial charge < -0.3 is 4.98 Å². The maximum Gasteiger partial charge on any atom is 0.127 e. The highest BCUT2D eigenvalue weighted by Gasteiger charge is 2.10. The van der Waals surface area contributed by atoms with E-state index in [0.29, 0.717) is 12.3 Å². The average molecular weight is 288 g/mol. The summed E-state index contributed by atoms with van der Waals surface area (Å²) in [6.45, 7) is 4.26. The number of benzene rings is 1. The van der Waals surface area contributed by atoms with E-state index in [1.54, 1.807) is 17.4 Å². The molecule has 0 spiro atoms. The van der Waals surface area contributed by atoms with Crippen LogP contribution < -0.4 is 0 Å². The molecule has 0 unspecified atom stereocenters. The monoisotopic (exact) mass is 288 g/mol. The SMILES string of the molecule is CC(C)c1cc2cc(F)c(CCc3cscn3)cc2[nH]1. The van der Waals surface area contributed by atoms with Gasteiger partial charge in [0.1, 0.15) is 5.82 Å². The lowest BCUT2D eigenvalue weighted by Gasteiger charge is -2.02. The van der Waals surface area contributed by atoms with E-state index in [-0.39, 0.29) is 5.82 Å². The number of hydrogen-bond donors (Lipinski definition) is 1. The van der Waals surface area contributed by atoms with Crippen LogP contribution in [-0.2, 0) is 12.8 Å². The smallest absolute Gasteiger partial charge is 0.127 e. The molecule has 3 rings (SSSR count). The van der Waals surface area contributed by atoms with Gasteiger partial charge in [-0.25, -0.2) is 9.37 Å². The molecule has 0 bridgehead atoms. The zero-order chi connectivity index (χ0) is 14.1. The number of hydrogen-bond acceptors (Lipinski definition) is 2. The van der Waals surface area contributed by atoms with Gasteiger partial charge in [0, 0.05) is 22.0 Å². The summed E-state index contributed by atoms with van der Waals surface area (Å²) in [6, 6.07) is 5.60. The Balaban J connectivity index is 1.88. The largest absolute Gasteiger partial charge is 0.358 e. The molecule has 0 saturated carbocycles. The molecule has 1 N–H and O–H groups in total. The van der Waals surface area contributed by atoms with E-state index >= 15 is 0 Å². The highest BCUT2D eigenvalue weighted by atomic mass is 32.1. The number of aryl methyl sites for hydroxylation is 2. The Morgan fingerprint density at radius 2 is 2.10 bits per heavy atom. The third-order valence-corrected chi connectivity index (χ3v) is 4.20. The lowest BCUT2D eigenvalue weighted by atomic mass is 10.1. The van der Waals surface area contributed by atoms with Crippen molar-refractivity contribution in [2.75, 3.05) is 0 Å². The second-order valence-corrected chi connectivity index (χ2v) is 6.11. The molecule has 0 fully saturated rings. The van der Waals surface area contributed by atoms with Crippen LogP contribution in [0, 0.1) is 5.82 Å². The Labute approximate surface area is 121 Å². The molecule has 2 nitrogen and oxygen atoms in total. The van der Waals surface area contributed by atoms with Crippen LogP contribution in [0.3, 0.4) is 0 Å². The fourth-order valence-electron chi connectivity index (χ4n) is 2.35. The fraction of sp³-hybridized carbons (Fsp3) is 0.312. The normalized spacial score (nSPS) is 11.6. The molecule has 0 atom stereocenters. The van der Waals surface area contributed by atoms with Crippen molar-refractivity contribution in [2.24, 2.45) is 0 Å². The van der Waals surface area contributed by atoms with E-state index in [9.17, 15) is 4.39 Å². The number of nitrogens with zero attached hydrogens (tertiary/aromatic N) is 1. The first-order valence-electron chi connectivity index (χ1n) is 6.81. The number of thiazole rings is 1.